The number of carboxylic acids is 1. The van der Waals surface area contributed by atoms with Crippen molar-refractivity contribution in [3.63, 3.8) is 0 Å². The monoisotopic (exact) mass is 461 g/mol. The largest absolute Gasteiger partial charge is 0.481 e. The predicted octanol–water partition coefficient (Wildman–Crippen LogP) is 3.51. The molecule has 1 unspecified atom stereocenters. The van der Waals surface area contributed by atoms with E-state index < -0.39 is 17.5 Å². The molecule has 34 heavy (non-hydrogen) atoms. The maximum Gasteiger partial charge on any atom is 0.311 e. The number of aryl methyl sites for hydroxylation is 1. The van der Waals surface area contributed by atoms with Gasteiger partial charge in [-0.25, -0.2) is 0 Å². The predicted molar refractivity (Wildman–Crippen MR) is 133 cm³/mol. The second kappa shape index (κ2) is 9.30. The van der Waals surface area contributed by atoms with E-state index in [2.05, 4.69) is 9.88 Å². The molecule has 2 atom stereocenters. The molecule has 0 amide bonds. The van der Waals surface area contributed by atoms with Crippen LogP contribution in [0.15, 0.2) is 48.5 Å². The Morgan fingerprint density at radius 3 is 2.53 bits per heavy atom. The molecule has 1 aromatic heterocycles. The van der Waals surface area contributed by atoms with Crippen molar-refractivity contribution in [2.24, 2.45) is 5.73 Å². The van der Waals surface area contributed by atoms with Gasteiger partial charge in [-0.15, -0.1) is 0 Å². The number of benzene rings is 2. The number of fused-ring (bicyclic) bond motifs is 1. The Hall–Kier alpha value is -3.65. The van der Waals surface area contributed by atoms with Crippen LogP contribution in [0.4, 0.5) is 0 Å². The SMILES string of the molecule is CCn1c(CC(C(=O)O)c2ccc(O[C@]3(C(C)=N)CCNC3)cc2)cc2ccc(C(=N)N)cc21. The van der Waals surface area contributed by atoms with Gasteiger partial charge in [-0.1, -0.05) is 24.3 Å². The molecule has 8 nitrogen and oxygen atoms in total. The molecule has 0 spiro atoms. The molecule has 1 saturated heterocycles. The molecular formula is C26H31N5O3. The van der Waals surface area contributed by atoms with Crippen LogP contribution < -0.4 is 15.8 Å². The molecule has 0 bridgehead atoms. The van der Waals surface area contributed by atoms with Gasteiger partial charge in [0.2, 0.25) is 0 Å². The molecule has 2 aromatic carbocycles. The van der Waals surface area contributed by atoms with Gasteiger partial charge in [-0.2, -0.15) is 0 Å². The van der Waals surface area contributed by atoms with E-state index in [0.717, 1.165) is 29.6 Å². The molecule has 0 saturated carbocycles. The van der Waals surface area contributed by atoms with Crippen LogP contribution in [0.25, 0.3) is 10.9 Å². The highest BCUT2D eigenvalue weighted by molar-refractivity contribution is 5.98. The summed E-state index contributed by atoms with van der Waals surface area (Å²) in [6.45, 7) is 5.85. The minimum absolute atomic E-state index is 0.00593. The van der Waals surface area contributed by atoms with Crippen molar-refractivity contribution in [2.75, 3.05) is 13.1 Å². The van der Waals surface area contributed by atoms with Crippen molar-refractivity contribution in [3.05, 3.63) is 65.4 Å². The van der Waals surface area contributed by atoms with Crippen LogP contribution in [-0.2, 0) is 17.8 Å². The fourth-order valence-corrected chi connectivity index (χ4v) is 4.73. The van der Waals surface area contributed by atoms with Crippen molar-refractivity contribution in [1.82, 2.24) is 9.88 Å². The number of aliphatic carboxylic acids is 1. The maximum atomic E-state index is 12.2. The van der Waals surface area contributed by atoms with E-state index in [9.17, 15) is 9.90 Å². The first-order valence-electron chi connectivity index (χ1n) is 11.5. The summed E-state index contributed by atoms with van der Waals surface area (Å²) in [6.07, 6.45) is 1.07. The highest BCUT2D eigenvalue weighted by Crippen LogP contribution is 2.30. The first-order chi connectivity index (χ1) is 16.2. The average molecular weight is 462 g/mol. The Labute approximate surface area is 198 Å². The summed E-state index contributed by atoms with van der Waals surface area (Å²) in [6, 6.07) is 14.8. The number of carboxylic acid groups (broad SMARTS) is 1. The molecule has 0 aliphatic carbocycles. The summed E-state index contributed by atoms with van der Waals surface area (Å²) in [7, 11) is 0. The van der Waals surface area contributed by atoms with Gasteiger partial charge in [0, 0.05) is 42.7 Å². The van der Waals surface area contributed by atoms with Crippen LogP contribution in [0.1, 0.15) is 43.0 Å². The minimum Gasteiger partial charge on any atom is -0.481 e. The van der Waals surface area contributed by atoms with Gasteiger partial charge in [0.05, 0.1) is 11.6 Å². The van der Waals surface area contributed by atoms with Crippen molar-refractivity contribution in [3.8, 4) is 5.75 Å². The summed E-state index contributed by atoms with van der Waals surface area (Å²) >= 11 is 0. The number of hydrogen-bond donors (Lipinski definition) is 5. The lowest BCUT2D eigenvalue weighted by Crippen LogP contribution is -2.44. The van der Waals surface area contributed by atoms with Crippen molar-refractivity contribution in [2.45, 2.75) is 44.8 Å². The molecule has 2 heterocycles. The highest BCUT2D eigenvalue weighted by atomic mass is 16.5. The van der Waals surface area contributed by atoms with Gasteiger partial charge in [0.1, 0.15) is 11.6 Å². The number of hydrogen-bond acceptors (Lipinski definition) is 5. The highest BCUT2D eigenvalue weighted by Gasteiger charge is 2.38. The fourth-order valence-electron chi connectivity index (χ4n) is 4.73. The second-order valence-corrected chi connectivity index (χ2v) is 8.88. The zero-order valence-electron chi connectivity index (χ0n) is 19.5. The first-order valence-corrected chi connectivity index (χ1v) is 11.5. The van der Waals surface area contributed by atoms with E-state index in [1.807, 2.05) is 31.2 Å². The molecule has 6 N–H and O–H groups in total. The molecule has 0 radical (unpaired) electrons. The third kappa shape index (κ3) is 4.41. The summed E-state index contributed by atoms with van der Waals surface area (Å²) in [5.74, 6) is -0.977. The van der Waals surface area contributed by atoms with E-state index in [1.54, 1.807) is 31.2 Å². The number of nitrogens with two attached hydrogens (primary N) is 1. The number of nitrogen functional groups attached to an aromatic ring is 1. The zero-order valence-corrected chi connectivity index (χ0v) is 19.5. The molecule has 1 fully saturated rings. The third-order valence-electron chi connectivity index (χ3n) is 6.72. The van der Waals surface area contributed by atoms with Crippen molar-refractivity contribution >= 4 is 28.4 Å². The van der Waals surface area contributed by atoms with Crippen LogP contribution in [-0.4, -0.2) is 45.9 Å². The molecule has 8 heteroatoms. The third-order valence-corrected chi connectivity index (χ3v) is 6.72. The van der Waals surface area contributed by atoms with Gasteiger partial charge in [-0.05, 0) is 55.6 Å². The Balaban J connectivity index is 1.61. The van der Waals surface area contributed by atoms with Crippen LogP contribution in [0.3, 0.4) is 0 Å². The molecule has 1 aliphatic heterocycles. The Kier molecular flexibility index (Phi) is 6.43. The first kappa shape index (κ1) is 23.5. The Morgan fingerprint density at radius 2 is 1.97 bits per heavy atom. The summed E-state index contributed by atoms with van der Waals surface area (Å²) < 4.78 is 8.26. The number of nitrogens with zero attached hydrogens (tertiary/aromatic N) is 1. The van der Waals surface area contributed by atoms with Gasteiger partial charge in [0.15, 0.2) is 5.60 Å². The van der Waals surface area contributed by atoms with Gasteiger partial charge < -0.3 is 30.9 Å². The summed E-state index contributed by atoms with van der Waals surface area (Å²) in [4.78, 5) is 12.2. The second-order valence-electron chi connectivity index (χ2n) is 8.88. The minimum atomic E-state index is -0.891. The number of aromatic nitrogens is 1. The van der Waals surface area contributed by atoms with Gasteiger partial charge >= 0.3 is 5.97 Å². The van der Waals surface area contributed by atoms with Crippen molar-refractivity contribution < 1.29 is 14.6 Å². The summed E-state index contributed by atoms with van der Waals surface area (Å²) in [5.41, 5.74) is 8.69. The lowest BCUT2D eigenvalue weighted by molar-refractivity contribution is -0.138. The van der Waals surface area contributed by atoms with Crippen LogP contribution in [0, 0.1) is 10.8 Å². The van der Waals surface area contributed by atoms with Crippen LogP contribution >= 0.6 is 0 Å². The molecular weight excluding hydrogens is 430 g/mol. The lowest BCUT2D eigenvalue weighted by atomic mass is 9.93. The van der Waals surface area contributed by atoms with E-state index in [-0.39, 0.29) is 5.84 Å². The normalized spacial score (nSPS) is 18.6. The average Bonchev–Trinajstić information content (AvgIpc) is 3.42. The Bertz CT molecular complexity index is 1240. The topological polar surface area (TPSA) is 137 Å². The van der Waals surface area contributed by atoms with Gasteiger partial charge in [-0.3, -0.25) is 10.2 Å². The zero-order chi connectivity index (χ0) is 24.5. The number of nitrogens with one attached hydrogen (secondary N) is 3. The van der Waals surface area contributed by atoms with Gasteiger partial charge in [0.25, 0.3) is 0 Å². The fraction of sp³-hybridized carbons (Fsp3) is 0.346. The standard InChI is InChI=1S/C26H31N5O3/c1-3-31-20(12-18-4-5-19(24(28)29)13-23(18)31)14-22(25(32)33)17-6-8-21(9-7-17)34-26(16(2)27)10-11-30-15-26/h4-9,12-13,22,27,30H,3,10-11,14-15H2,1-2H3,(H3,28,29)(H,32,33)/t22?,26-/m1/s1. The van der Waals surface area contributed by atoms with Crippen LogP contribution in [0.5, 0.6) is 5.75 Å². The number of ether oxygens (including phenoxy) is 1. The van der Waals surface area contributed by atoms with E-state index in [0.29, 0.717) is 42.1 Å². The molecule has 1 aliphatic rings. The smallest absolute Gasteiger partial charge is 0.311 e. The number of amidine groups is 1. The summed E-state index contributed by atoms with van der Waals surface area (Å²) in [5, 5.41) is 30.1. The number of carbonyl (C=O) groups is 1. The number of rotatable bonds is 9. The quantitative estimate of drug-likeness (QED) is 0.245. The van der Waals surface area contributed by atoms with E-state index in [1.165, 1.54) is 0 Å². The molecule has 3 aromatic rings. The van der Waals surface area contributed by atoms with E-state index in [4.69, 9.17) is 21.3 Å². The molecule has 178 valence electrons. The Morgan fingerprint density at radius 1 is 1.24 bits per heavy atom. The van der Waals surface area contributed by atoms with Crippen LogP contribution in [0.2, 0.25) is 0 Å². The van der Waals surface area contributed by atoms with E-state index >= 15 is 0 Å². The van der Waals surface area contributed by atoms with Crippen molar-refractivity contribution in [1.29, 1.82) is 10.8 Å². The molecule has 4 rings (SSSR count). The lowest BCUT2D eigenvalue weighted by Gasteiger charge is -2.29. The maximum absolute atomic E-state index is 12.2.